The van der Waals surface area contributed by atoms with Gasteiger partial charge in [-0.1, -0.05) is 0 Å². The number of ether oxygens (including phenoxy) is 1. The molecule has 3 heterocycles. The fraction of sp³-hybridized carbons (Fsp3) is 0.350. The largest absolute Gasteiger partial charge is 0.379 e. The third-order valence-electron chi connectivity index (χ3n) is 5.00. The number of fused-ring (bicyclic) bond motifs is 1. The maximum absolute atomic E-state index is 12.7. The van der Waals surface area contributed by atoms with Gasteiger partial charge in [0, 0.05) is 37.2 Å². The van der Waals surface area contributed by atoms with Crippen LogP contribution in [0.4, 0.5) is 11.4 Å². The average molecular weight is 446 g/mol. The molecule has 0 bridgehead atoms. The van der Waals surface area contributed by atoms with Crippen molar-refractivity contribution in [3.63, 3.8) is 0 Å². The van der Waals surface area contributed by atoms with E-state index in [-0.39, 0.29) is 29.6 Å². The number of hydrogen-bond acceptors (Lipinski definition) is 7. The SMILES string of the molecule is O=C(CN1CCOCC1)Nc1ccc(NC(=O)C2=CC=CN3CCS(=O)(=O)N=C23)cc1. The fourth-order valence-electron chi connectivity index (χ4n) is 3.39. The number of rotatable bonds is 5. The summed E-state index contributed by atoms with van der Waals surface area (Å²) in [4.78, 5) is 28.6. The highest BCUT2D eigenvalue weighted by atomic mass is 32.2. The Labute approximate surface area is 180 Å². The van der Waals surface area contributed by atoms with E-state index >= 15 is 0 Å². The number of amides is 2. The summed E-state index contributed by atoms with van der Waals surface area (Å²) in [6.45, 7) is 3.26. The Hall–Kier alpha value is -3.02. The summed E-state index contributed by atoms with van der Waals surface area (Å²) in [5, 5.41) is 5.57. The minimum Gasteiger partial charge on any atom is -0.379 e. The second-order valence-corrected chi connectivity index (χ2v) is 9.04. The highest BCUT2D eigenvalue weighted by molar-refractivity contribution is 7.90. The van der Waals surface area contributed by atoms with Crippen molar-refractivity contribution < 1.29 is 22.7 Å². The second kappa shape index (κ2) is 9.00. The van der Waals surface area contributed by atoms with E-state index in [0.717, 1.165) is 13.1 Å². The van der Waals surface area contributed by atoms with Crippen LogP contribution in [0.25, 0.3) is 0 Å². The van der Waals surface area contributed by atoms with Gasteiger partial charge in [0.1, 0.15) is 0 Å². The molecule has 1 saturated heterocycles. The van der Waals surface area contributed by atoms with Gasteiger partial charge in [0.2, 0.25) is 5.91 Å². The quantitative estimate of drug-likeness (QED) is 0.673. The second-order valence-electron chi connectivity index (χ2n) is 7.28. The van der Waals surface area contributed by atoms with Gasteiger partial charge < -0.3 is 20.3 Å². The van der Waals surface area contributed by atoms with E-state index in [9.17, 15) is 18.0 Å². The van der Waals surface area contributed by atoms with Gasteiger partial charge >= 0.3 is 0 Å². The number of hydrogen-bond donors (Lipinski definition) is 2. The number of allylic oxidation sites excluding steroid dienone is 2. The molecular weight excluding hydrogens is 422 g/mol. The van der Waals surface area contributed by atoms with Gasteiger partial charge in [-0.05, 0) is 36.4 Å². The van der Waals surface area contributed by atoms with Gasteiger partial charge in [-0.15, -0.1) is 4.40 Å². The molecule has 0 radical (unpaired) electrons. The number of carbonyl (C=O) groups is 2. The molecule has 31 heavy (non-hydrogen) atoms. The zero-order valence-electron chi connectivity index (χ0n) is 16.8. The smallest absolute Gasteiger partial charge is 0.259 e. The van der Waals surface area contributed by atoms with E-state index in [1.165, 1.54) is 6.08 Å². The number of amidine groups is 1. The number of carbonyl (C=O) groups excluding carboxylic acids is 2. The molecule has 3 aliphatic heterocycles. The van der Waals surface area contributed by atoms with Gasteiger partial charge in [-0.3, -0.25) is 14.5 Å². The number of nitrogens with zero attached hydrogens (tertiary/aromatic N) is 3. The number of sulfonamides is 1. The standard InChI is InChI=1S/C20H23N5O5S/c26-18(14-24-8-11-30-12-9-24)21-15-3-5-16(6-4-15)22-20(27)17-2-1-7-25-10-13-31(28,29)23-19(17)25/h1-7H,8-14H2,(H,21,26)(H,22,27). The fourth-order valence-corrected chi connectivity index (χ4v) is 4.38. The van der Waals surface area contributed by atoms with Crippen molar-refractivity contribution in [3.8, 4) is 0 Å². The van der Waals surface area contributed by atoms with Crippen LogP contribution in [0.15, 0.2) is 52.6 Å². The van der Waals surface area contributed by atoms with Crippen LogP contribution in [0.2, 0.25) is 0 Å². The zero-order chi connectivity index (χ0) is 21.8. The lowest BCUT2D eigenvalue weighted by Gasteiger charge is -2.28. The summed E-state index contributed by atoms with van der Waals surface area (Å²) in [6, 6.07) is 6.71. The van der Waals surface area contributed by atoms with Crippen LogP contribution in [0.5, 0.6) is 0 Å². The van der Waals surface area contributed by atoms with Crippen LogP contribution < -0.4 is 10.6 Å². The van der Waals surface area contributed by atoms with E-state index in [2.05, 4.69) is 15.0 Å². The topological polar surface area (TPSA) is 120 Å². The average Bonchev–Trinajstić information content (AvgIpc) is 2.74. The molecule has 0 saturated carbocycles. The van der Waals surface area contributed by atoms with E-state index in [1.807, 2.05) is 4.90 Å². The zero-order valence-corrected chi connectivity index (χ0v) is 17.6. The number of nitrogens with one attached hydrogen (secondary N) is 2. The highest BCUT2D eigenvalue weighted by Gasteiger charge is 2.30. The van der Waals surface area contributed by atoms with Crippen LogP contribution in [-0.2, 0) is 24.3 Å². The van der Waals surface area contributed by atoms with Crippen molar-refractivity contribution in [1.29, 1.82) is 0 Å². The first-order valence-corrected chi connectivity index (χ1v) is 11.5. The molecule has 0 aromatic heterocycles. The predicted octanol–water partition coefficient (Wildman–Crippen LogP) is 0.393. The van der Waals surface area contributed by atoms with Crippen LogP contribution in [0.3, 0.4) is 0 Å². The Morgan fingerprint density at radius 3 is 2.42 bits per heavy atom. The highest BCUT2D eigenvalue weighted by Crippen LogP contribution is 2.20. The summed E-state index contributed by atoms with van der Waals surface area (Å²) >= 11 is 0. The maximum atomic E-state index is 12.7. The first-order chi connectivity index (χ1) is 14.9. The first-order valence-electron chi connectivity index (χ1n) is 9.89. The molecule has 2 amide bonds. The lowest BCUT2D eigenvalue weighted by atomic mass is 10.1. The normalized spacial score (nSPS) is 20.3. The summed E-state index contributed by atoms with van der Waals surface area (Å²) in [7, 11) is -3.58. The minimum atomic E-state index is -3.58. The van der Waals surface area contributed by atoms with Crippen LogP contribution in [-0.4, -0.2) is 81.0 Å². The summed E-state index contributed by atoms with van der Waals surface area (Å²) in [5.74, 6) is -0.545. The minimum absolute atomic E-state index is 0.0888. The molecule has 0 unspecified atom stereocenters. The maximum Gasteiger partial charge on any atom is 0.259 e. The lowest BCUT2D eigenvalue weighted by Crippen LogP contribution is -2.41. The molecular formula is C20H23N5O5S. The lowest BCUT2D eigenvalue weighted by molar-refractivity contribution is -0.118. The molecule has 10 nitrogen and oxygen atoms in total. The first kappa shape index (κ1) is 21.2. The van der Waals surface area contributed by atoms with E-state index in [1.54, 1.807) is 41.4 Å². The Kier molecular flexibility index (Phi) is 6.16. The number of morpholine rings is 1. The summed E-state index contributed by atoms with van der Waals surface area (Å²) < 4.78 is 32.7. The Bertz CT molecular complexity index is 1060. The third-order valence-corrected chi connectivity index (χ3v) is 6.15. The molecule has 11 heteroatoms. The summed E-state index contributed by atoms with van der Waals surface area (Å²) in [6.07, 6.45) is 4.91. The van der Waals surface area contributed by atoms with Crippen molar-refractivity contribution in [2.45, 2.75) is 0 Å². The third kappa shape index (κ3) is 5.37. The molecule has 1 aromatic rings. The summed E-state index contributed by atoms with van der Waals surface area (Å²) in [5.41, 5.74) is 1.30. The van der Waals surface area contributed by atoms with Gasteiger partial charge in [-0.2, -0.15) is 0 Å². The molecule has 164 valence electrons. The Morgan fingerprint density at radius 2 is 1.71 bits per heavy atom. The van der Waals surface area contributed by atoms with Crippen molar-refractivity contribution >= 4 is 39.0 Å². The number of benzene rings is 1. The number of anilines is 2. The van der Waals surface area contributed by atoms with Crippen molar-refractivity contribution in [2.24, 2.45) is 4.40 Å². The molecule has 2 N–H and O–H groups in total. The van der Waals surface area contributed by atoms with Crippen LogP contribution in [0, 0.1) is 0 Å². The van der Waals surface area contributed by atoms with E-state index in [4.69, 9.17) is 4.74 Å². The van der Waals surface area contributed by atoms with Crippen molar-refractivity contribution in [3.05, 3.63) is 48.2 Å². The Balaban J connectivity index is 1.37. The molecule has 4 rings (SSSR count). The van der Waals surface area contributed by atoms with Gasteiger partial charge in [0.05, 0.1) is 31.1 Å². The van der Waals surface area contributed by atoms with Gasteiger partial charge in [0.15, 0.2) is 5.84 Å². The Morgan fingerprint density at radius 1 is 1.03 bits per heavy atom. The van der Waals surface area contributed by atoms with E-state index in [0.29, 0.717) is 31.1 Å². The molecule has 3 aliphatic rings. The monoisotopic (exact) mass is 445 g/mol. The molecule has 1 fully saturated rings. The molecule has 1 aromatic carbocycles. The van der Waals surface area contributed by atoms with Crippen molar-refractivity contribution in [2.75, 3.05) is 55.8 Å². The van der Waals surface area contributed by atoms with Gasteiger partial charge in [0.25, 0.3) is 15.9 Å². The van der Waals surface area contributed by atoms with Crippen molar-refractivity contribution in [1.82, 2.24) is 9.80 Å². The van der Waals surface area contributed by atoms with Crippen LogP contribution >= 0.6 is 0 Å². The van der Waals surface area contributed by atoms with Gasteiger partial charge in [-0.25, -0.2) is 8.42 Å². The van der Waals surface area contributed by atoms with E-state index < -0.39 is 15.9 Å². The molecule has 0 atom stereocenters. The predicted molar refractivity (Wildman–Crippen MR) is 116 cm³/mol. The molecule has 0 spiro atoms. The molecule has 0 aliphatic carbocycles. The van der Waals surface area contributed by atoms with Crippen LogP contribution in [0.1, 0.15) is 0 Å².